The number of pyridine rings is 2. The van der Waals surface area contributed by atoms with Crippen molar-refractivity contribution in [2.75, 3.05) is 7.11 Å². The summed E-state index contributed by atoms with van der Waals surface area (Å²) in [7, 11) is 1.22. The number of nitrogens with zero attached hydrogens (tertiary/aromatic N) is 2. The second kappa shape index (κ2) is 7.27. The van der Waals surface area contributed by atoms with Gasteiger partial charge < -0.3 is 9.84 Å². The Morgan fingerprint density at radius 2 is 1.79 bits per heavy atom. The molecule has 0 saturated carbocycles. The molecule has 5 nitrogen and oxygen atoms in total. The molecular weight excluding hydrogens is 378 g/mol. The van der Waals surface area contributed by atoms with E-state index in [9.17, 15) is 18.7 Å². The molecule has 7 heteroatoms. The van der Waals surface area contributed by atoms with Crippen molar-refractivity contribution in [1.29, 1.82) is 0 Å². The lowest BCUT2D eigenvalue weighted by atomic mass is 10.0. The first kappa shape index (κ1) is 18.5. The fraction of sp³-hybridized carbons (Fsp3) is 0.0455. The summed E-state index contributed by atoms with van der Waals surface area (Å²) in [6.07, 6.45) is 1.33. The minimum atomic E-state index is -0.656. The Hall–Kier alpha value is -3.87. The quantitative estimate of drug-likeness (QED) is 0.510. The van der Waals surface area contributed by atoms with E-state index in [4.69, 9.17) is 4.74 Å². The van der Waals surface area contributed by atoms with E-state index in [1.807, 2.05) is 0 Å². The number of benzene rings is 2. The molecule has 0 aliphatic rings. The van der Waals surface area contributed by atoms with Gasteiger partial charge in [-0.1, -0.05) is 18.2 Å². The SMILES string of the molecule is COC(=O)c1cc(-c2cc(O)c(-c3ccccc3F)cn2)nc2ccc(F)cc12. The van der Waals surface area contributed by atoms with Gasteiger partial charge in [0, 0.05) is 28.8 Å². The molecule has 0 bridgehead atoms. The third-order valence-corrected chi connectivity index (χ3v) is 4.48. The Morgan fingerprint density at radius 1 is 1.00 bits per heavy atom. The number of aromatic nitrogens is 2. The third kappa shape index (κ3) is 3.38. The van der Waals surface area contributed by atoms with Crippen molar-refractivity contribution in [3.63, 3.8) is 0 Å². The van der Waals surface area contributed by atoms with Gasteiger partial charge in [0.25, 0.3) is 0 Å². The van der Waals surface area contributed by atoms with Crippen molar-refractivity contribution in [3.05, 3.63) is 78.0 Å². The maximum absolute atomic E-state index is 14.0. The number of rotatable bonds is 3. The molecule has 0 atom stereocenters. The number of hydrogen-bond donors (Lipinski definition) is 1. The number of hydrogen-bond acceptors (Lipinski definition) is 5. The zero-order chi connectivity index (χ0) is 20.5. The predicted molar refractivity (Wildman–Crippen MR) is 103 cm³/mol. The summed E-state index contributed by atoms with van der Waals surface area (Å²) >= 11 is 0. The predicted octanol–water partition coefficient (Wildman–Crippen LogP) is 4.73. The Kier molecular flexibility index (Phi) is 4.64. The van der Waals surface area contributed by atoms with Crippen molar-refractivity contribution in [1.82, 2.24) is 9.97 Å². The Balaban J connectivity index is 1.87. The number of esters is 1. The smallest absolute Gasteiger partial charge is 0.338 e. The number of aromatic hydroxyl groups is 1. The van der Waals surface area contributed by atoms with Gasteiger partial charge >= 0.3 is 5.97 Å². The molecule has 0 fully saturated rings. The van der Waals surface area contributed by atoms with E-state index in [0.29, 0.717) is 10.9 Å². The van der Waals surface area contributed by atoms with Gasteiger partial charge in [-0.15, -0.1) is 0 Å². The molecule has 0 unspecified atom stereocenters. The molecule has 0 spiro atoms. The molecule has 2 heterocycles. The van der Waals surface area contributed by atoms with Gasteiger partial charge in [0.2, 0.25) is 0 Å². The second-order valence-corrected chi connectivity index (χ2v) is 6.27. The second-order valence-electron chi connectivity index (χ2n) is 6.27. The van der Waals surface area contributed by atoms with Gasteiger partial charge in [-0.2, -0.15) is 0 Å². The van der Waals surface area contributed by atoms with Crippen LogP contribution in [0.1, 0.15) is 10.4 Å². The highest BCUT2D eigenvalue weighted by molar-refractivity contribution is 6.04. The van der Waals surface area contributed by atoms with Gasteiger partial charge in [0.15, 0.2) is 0 Å². The molecule has 2 aromatic heterocycles. The summed E-state index contributed by atoms with van der Waals surface area (Å²) in [6.45, 7) is 0. The summed E-state index contributed by atoms with van der Waals surface area (Å²) in [4.78, 5) is 20.8. The lowest BCUT2D eigenvalue weighted by Gasteiger charge is -2.10. The van der Waals surface area contributed by atoms with E-state index in [-0.39, 0.29) is 33.8 Å². The minimum Gasteiger partial charge on any atom is -0.507 e. The summed E-state index contributed by atoms with van der Waals surface area (Å²) in [5.74, 6) is -1.85. The summed E-state index contributed by atoms with van der Waals surface area (Å²) in [5.41, 5.74) is 1.46. The first-order valence-electron chi connectivity index (χ1n) is 8.61. The molecule has 4 rings (SSSR count). The van der Waals surface area contributed by atoms with Crippen molar-refractivity contribution in [2.24, 2.45) is 0 Å². The number of fused-ring (bicyclic) bond motifs is 1. The zero-order valence-electron chi connectivity index (χ0n) is 15.2. The number of methoxy groups -OCH3 is 1. The van der Waals surface area contributed by atoms with E-state index in [1.165, 1.54) is 55.8 Å². The standard InChI is InChI=1S/C22H14F2N2O3/c1-29-22(28)15-9-20(26-18-7-6-12(23)8-14(15)18)19-10-21(27)16(11-25-19)13-4-2-3-5-17(13)24/h2-11H,1H3,(H,25,27). The Morgan fingerprint density at radius 3 is 2.52 bits per heavy atom. The van der Waals surface area contributed by atoms with Gasteiger partial charge in [0.1, 0.15) is 17.4 Å². The van der Waals surface area contributed by atoms with Crippen LogP contribution in [0.2, 0.25) is 0 Å². The molecule has 0 aliphatic heterocycles. The molecule has 144 valence electrons. The minimum absolute atomic E-state index is 0.117. The fourth-order valence-electron chi connectivity index (χ4n) is 3.08. The van der Waals surface area contributed by atoms with Crippen LogP contribution in [-0.4, -0.2) is 28.2 Å². The van der Waals surface area contributed by atoms with Crippen LogP contribution in [0.15, 0.2) is 60.8 Å². The highest BCUT2D eigenvalue weighted by atomic mass is 19.1. The first-order valence-corrected chi connectivity index (χ1v) is 8.61. The number of halogens is 2. The Bertz CT molecular complexity index is 1260. The summed E-state index contributed by atoms with van der Waals surface area (Å²) < 4.78 is 32.5. The summed E-state index contributed by atoms with van der Waals surface area (Å²) in [6, 6.07) is 12.6. The highest BCUT2D eigenvalue weighted by Gasteiger charge is 2.17. The largest absolute Gasteiger partial charge is 0.507 e. The van der Waals surface area contributed by atoms with Crippen LogP contribution in [0, 0.1) is 11.6 Å². The van der Waals surface area contributed by atoms with Crippen LogP contribution in [0.25, 0.3) is 33.4 Å². The van der Waals surface area contributed by atoms with Gasteiger partial charge in [-0.25, -0.2) is 18.6 Å². The highest BCUT2D eigenvalue weighted by Crippen LogP contribution is 2.33. The van der Waals surface area contributed by atoms with Gasteiger partial charge in [-0.3, -0.25) is 4.98 Å². The molecule has 0 amide bonds. The van der Waals surface area contributed by atoms with Crippen LogP contribution < -0.4 is 0 Å². The average Bonchev–Trinajstić information content (AvgIpc) is 2.73. The zero-order valence-corrected chi connectivity index (χ0v) is 15.2. The average molecular weight is 392 g/mol. The topological polar surface area (TPSA) is 72.3 Å². The van der Waals surface area contributed by atoms with E-state index < -0.39 is 17.6 Å². The maximum atomic E-state index is 14.0. The molecule has 0 saturated heterocycles. The summed E-state index contributed by atoms with van der Waals surface area (Å²) in [5, 5.41) is 10.7. The third-order valence-electron chi connectivity index (χ3n) is 4.48. The van der Waals surface area contributed by atoms with Crippen LogP contribution in [0.4, 0.5) is 8.78 Å². The van der Waals surface area contributed by atoms with E-state index in [1.54, 1.807) is 12.1 Å². The van der Waals surface area contributed by atoms with Gasteiger partial charge in [0.05, 0.1) is 29.6 Å². The molecule has 29 heavy (non-hydrogen) atoms. The van der Waals surface area contributed by atoms with Crippen LogP contribution in [0.3, 0.4) is 0 Å². The molecule has 2 aromatic carbocycles. The number of carbonyl (C=O) groups is 1. The lowest BCUT2D eigenvalue weighted by molar-refractivity contribution is 0.0603. The number of carbonyl (C=O) groups excluding carboxylic acids is 1. The van der Waals surface area contributed by atoms with E-state index in [2.05, 4.69) is 9.97 Å². The fourth-order valence-corrected chi connectivity index (χ4v) is 3.08. The van der Waals surface area contributed by atoms with Crippen molar-refractivity contribution in [3.8, 4) is 28.3 Å². The van der Waals surface area contributed by atoms with Crippen molar-refractivity contribution in [2.45, 2.75) is 0 Å². The first-order chi connectivity index (χ1) is 14.0. The molecule has 4 aromatic rings. The van der Waals surface area contributed by atoms with Crippen molar-refractivity contribution < 1.29 is 23.4 Å². The monoisotopic (exact) mass is 392 g/mol. The van der Waals surface area contributed by atoms with E-state index in [0.717, 1.165) is 0 Å². The van der Waals surface area contributed by atoms with Crippen LogP contribution >= 0.6 is 0 Å². The van der Waals surface area contributed by atoms with Crippen molar-refractivity contribution >= 4 is 16.9 Å². The molecule has 0 radical (unpaired) electrons. The number of ether oxygens (including phenoxy) is 1. The van der Waals surface area contributed by atoms with E-state index >= 15 is 0 Å². The van der Waals surface area contributed by atoms with Gasteiger partial charge in [-0.05, 0) is 30.3 Å². The lowest BCUT2D eigenvalue weighted by Crippen LogP contribution is -2.04. The van der Waals surface area contributed by atoms with Crippen LogP contribution in [0.5, 0.6) is 5.75 Å². The maximum Gasteiger partial charge on any atom is 0.338 e. The molecule has 0 aliphatic carbocycles. The Labute approximate surface area is 164 Å². The molecule has 1 N–H and O–H groups in total. The molecular formula is C22H14F2N2O3. The van der Waals surface area contributed by atoms with Crippen LogP contribution in [-0.2, 0) is 4.74 Å². The normalized spacial score (nSPS) is 10.9.